The van der Waals surface area contributed by atoms with E-state index in [1.54, 1.807) is 24.3 Å². The number of urea groups is 1. The lowest BCUT2D eigenvalue weighted by atomic mass is 10.2. The molecule has 0 bridgehead atoms. The first-order valence-corrected chi connectivity index (χ1v) is 9.20. The molecule has 24 heavy (non-hydrogen) atoms. The first-order valence-electron chi connectivity index (χ1n) is 7.59. The molecule has 1 rings (SSSR count). The van der Waals surface area contributed by atoms with E-state index in [-0.39, 0.29) is 18.2 Å². The number of amides is 3. The van der Waals surface area contributed by atoms with Crippen molar-refractivity contribution < 1.29 is 18.0 Å². The Balaban J connectivity index is 2.46. The monoisotopic (exact) mass is 356 g/mol. The van der Waals surface area contributed by atoms with Crippen molar-refractivity contribution in [1.29, 1.82) is 0 Å². The van der Waals surface area contributed by atoms with Crippen LogP contribution >= 0.6 is 0 Å². The zero-order chi connectivity index (χ0) is 18.2. The van der Waals surface area contributed by atoms with Crippen LogP contribution < -0.4 is 16.0 Å². The summed E-state index contributed by atoms with van der Waals surface area (Å²) in [6, 6.07) is 5.93. The molecule has 0 saturated heterocycles. The first-order chi connectivity index (χ1) is 11.3. The Morgan fingerprint density at radius 3 is 2.21 bits per heavy atom. The highest BCUT2D eigenvalue weighted by atomic mass is 32.2. The second-order valence-corrected chi connectivity index (χ2v) is 7.61. The average Bonchev–Trinajstić information content (AvgIpc) is 2.53. The smallest absolute Gasteiger partial charge is 0.319 e. The van der Waals surface area contributed by atoms with Gasteiger partial charge >= 0.3 is 6.03 Å². The Kier molecular flexibility index (Phi) is 7.66. The fraction of sp³-hybridized carbons (Fsp3) is 0.467. The van der Waals surface area contributed by atoms with Gasteiger partial charge in [0, 0.05) is 38.4 Å². The second-order valence-electron chi connectivity index (χ2n) is 5.31. The van der Waals surface area contributed by atoms with Gasteiger partial charge in [-0.25, -0.2) is 17.5 Å². The van der Waals surface area contributed by atoms with Gasteiger partial charge in [0.1, 0.15) is 0 Å². The maximum absolute atomic E-state index is 11.8. The first kappa shape index (κ1) is 19.9. The molecule has 0 atom stereocenters. The summed E-state index contributed by atoms with van der Waals surface area (Å²) in [5.41, 5.74) is 1.02. The summed E-state index contributed by atoms with van der Waals surface area (Å²) in [4.78, 5) is 23.5. The molecule has 134 valence electrons. The Hall–Kier alpha value is -2.13. The zero-order valence-electron chi connectivity index (χ0n) is 14.1. The number of rotatable bonds is 8. The van der Waals surface area contributed by atoms with Crippen LogP contribution in [0.15, 0.2) is 24.3 Å². The van der Waals surface area contributed by atoms with Crippen molar-refractivity contribution in [2.45, 2.75) is 13.3 Å². The summed E-state index contributed by atoms with van der Waals surface area (Å²) in [5, 5.41) is 7.81. The number of nitrogens with zero attached hydrogens (tertiary/aromatic N) is 1. The van der Waals surface area contributed by atoms with Gasteiger partial charge in [0.05, 0.1) is 5.75 Å². The lowest BCUT2D eigenvalue weighted by molar-refractivity contribution is 0.0953. The minimum Gasteiger partial charge on any atom is -0.352 e. The molecule has 0 spiro atoms. The topological polar surface area (TPSA) is 108 Å². The van der Waals surface area contributed by atoms with Gasteiger partial charge in [-0.3, -0.25) is 4.79 Å². The fourth-order valence-electron chi connectivity index (χ4n) is 1.70. The zero-order valence-corrected chi connectivity index (χ0v) is 14.9. The van der Waals surface area contributed by atoms with E-state index in [9.17, 15) is 18.0 Å². The van der Waals surface area contributed by atoms with Crippen LogP contribution in [0.25, 0.3) is 0 Å². The molecule has 3 amide bonds. The standard InChI is InChI=1S/C15H24N4O4S/c1-4-9-16-14(20)12-5-7-13(8-6-12)18-15(21)17-10-11-24(22,23)19(2)3/h5-8H,4,9-11H2,1-3H3,(H,16,20)(H2,17,18,21). The number of nitrogens with one attached hydrogen (secondary N) is 3. The van der Waals surface area contributed by atoms with E-state index in [1.165, 1.54) is 14.1 Å². The van der Waals surface area contributed by atoms with Crippen molar-refractivity contribution in [2.24, 2.45) is 0 Å². The lowest BCUT2D eigenvalue weighted by Gasteiger charge is -2.12. The van der Waals surface area contributed by atoms with Gasteiger partial charge in [-0.2, -0.15) is 0 Å². The van der Waals surface area contributed by atoms with Crippen molar-refractivity contribution in [2.75, 3.05) is 38.3 Å². The van der Waals surface area contributed by atoms with Gasteiger partial charge in [-0.05, 0) is 30.7 Å². The number of sulfonamides is 1. The van der Waals surface area contributed by atoms with E-state index < -0.39 is 16.1 Å². The van der Waals surface area contributed by atoms with E-state index in [4.69, 9.17) is 0 Å². The summed E-state index contributed by atoms with van der Waals surface area (Å²) in [6.07, 6.45) is 0.856. The second kappa shape index (κ2) is 9.24. The molecule has 0 aliphatic carbocycles. The third kappa shape index (κ3) is 6.55. The number of benzene rings is 1. The van der Waals surface area contributed by atoms with Crippen molar-refractivity contribution in [3.05, 3.63) is 29.8 Å². The Bertz CT molecular complexity index is 657. The molecule has 0 unspecified atom stereocenters. The minimum absolute atomic E-state index is 0.00382. The van der Waals surface area contributed by atoms with Crippen LogP contribution in [-0.2, 0) is 10.0 Å². The van der Waals surface area contributed by atoms with E-state index in [1.807, 2.05) is 6.92 Å². The van der Waals surface area contributed by atoms with E-state index in [0.29, 0.717) is 17.8 Å². The maximum Gasteiger partial charge on any atom is 0.319 e. The molecule has 9 heteroatoms. The molecular formula is C15H24N4O4S. The van der Waals surface area contributed by atoms with Gasteiger partial charge in [-0.15, -0.1) is 0 Å². The number of hydrogen-bond acceptors (Lipinski definition) is 4. The van der Waals surface area contributed by atoms with E-state index >= 15 is 0 Å². The number of carbonyl (C=O) groups excluding carboxylic acids is 2. The molecule has 0 fully saturated rings. The molecule has 0 heterocycles. The predicted molar refractivity (Wildman–Crippen MR) is 93.6 cm³/mol. The number of anilines is 1. The van der Waals surface area contributed by atoms with Crippen LogP contribution in [0.1, 0.15) is 23.7 Å². The Morgan fingerprint density at radius 2 is 1.67 bits per heavy atom. The van der Waals surface area contributed by atoms with Crippen LogP contribution in [0.5, 0.6) is 0 Å². The summed E-state index contributed by atoms with van der Waals surface area (Å²) in [5.74, 6) is -0.342. The predicted octanol–water partition coefficient (Wildman–Crippen LogP) is 0.839. The van der Waals surface area contributed by atoms with Crippen LogP contribution in [0, 0.1) is 0 Å². The van der Waals surface area contributed by atoms with Gasteiger partial charge in [-0.1, -0.05) is 6.92 Å². The molecule has 0 radical (unpaired) electrons. The van der Waals surface area contributed by atoms with Crippen LogP contribution in [0.3, 0.4) is 0 Å². The highest BCUT2D eigenvalue weighted by Crippen LogP contribution is 2.09. The summed E-state index contributed by atoms with van der Waals surface area (Å²) >= 11 is 0. The van der Waals surface area contributed by atoms with Crippen molar-refractivity contribution in [3.63, 3.8) is 0 Å². The highest BCUT2D eigenvalue weighted by molar-refractivity contribution is 7.89. The maximum atomic E-state index is 11.8. The van der Waals surface area contributed by atoms with Gasteiger partial charge in [0.15, 0.2) is 0 Å². The average molecular weight is 356 g/mol. The molecule has 0 aliphatic heterocycles. The normalized spacial score (nSPS) is 11.2. The Labute approximate surface area is 142 Å². The van der Waals surface area contributed by atoms with E-state index in [0.717, 1.165) is 10.7 Å². The van der Waals surface area contributed by atoms with E-state index in [2.05, 4.69) is 16.0 Å². The lowest BCUT2D eigenvalue weighted by Crippen LogP contribution is -2.36. The third-order valence-electron chi connectivity index (χ3n) is 3.14. The molecule has 0 aromatic heterocycles. The highest BCUT2D eigenvalue weighted by Gasteiger charge is 2.13. The van der Waals surface area contributed by atoms with Crippen molar-refractivity contribution in [3.8, 4) is 0 Å². The van der Waals surface area contributed by atoms with Gasteiger partial charge < -0.3 is 16.0 Å². The third-order valence-corrected chi connectivity index (χ3v) is 4.98. The summed E-state index contributed by atoms with van der Waals surface area (Å²) in [7, 11) is -0.467. The molecule has 0 saturated carbocycles. The van der Waals surface area contributed by atoms with Crippen molar-refractivity contribution >= 4 is 27.6 Å². The molecular weight excluding hydrogens is 332 g/mol. The largest absolute Gasteiger partial charge is 0.352 e. The summed E-state index contributed by atoms with van der Waals surface area (Å²) in [6.45, 7) is 2.58. The quantitative estimate of drug-likeness (QED) is 0.641. The van der Waals surface area contributed by atoms with Crippen molar-refractivity contribution in [1.82, 2.24) is 14.9 Å². The van der Waals surface area contributed by atoms with Crippen LogP contribution in [0.4, 0.5) is 10.5 Å². The minimum atomic E-state index is -3.34. The number of hydrogen-bond donors (Lipinski definition) is 3. The van der Waals surface area contributed by atoms with Gasteiger partial charge in [0.2, 0.25) is 10.0 Å². The fourth-order valence-corrected chi connectivity index (χ4v) is 2.42. The molecule has 1 aromatic rings. The van der Waals surface area contributed by atoms with Crippen LogP contribution in [-0.4, -0.2) is 57.6 Å². The van der Waals surface area contributed by atoms with Gasteiger partial charge in [0.25, 0.3) is 5.91 Å². The molecule has 3 N–H and O–H groups in total. The molecule has 1 aromatic carbocycles. The molecule has 0 aliphatic rings. The van der Waals surface area contributed by atoms with Crippen LogP contribution in [0.2, 0.25) is 0 Å². The molecule has 8 nitrogen and oxygen atoms in total. The Morgan fingerprint density at radius 1 is 1.04 bits per heavy atom. The SMILES string of the molecule is CCCNC(=O)c1ccc(NC(=O)NCCS(=O)(=O)N(C)C)cc1. The summed E-state index contributed by atoms with van der Waals surface area (Å²) < 4.78 is 24.2. The number of carbonyl (C=O) groups is 2.